The standard InChI is InChI=1S/C20H24N2O2/c1-20(2,3)17-11-5-14(6-12-17)13-22(4)19(24)16-9-7-15(8-10-16)18(21)23/h5-12H,13H2,1-4H3,(H2,21,23). The number of amides is 2. The molecule has 4 nitrogen and oxygen atoms in total. The first-order valence-corrected chi connectivity index (χ1v) is 7.93. The van der Waals surface area contributed by atoms with Crippen molar-refractivity contribution in [2.24, 2.45) is 5.73 Å². The molecule has 0 heterocycles. The molecule has 2 amide bonds. The van der Waals surface area contributed by atoms with Crippen molar-refractivity contribution in [3.8, 4) is 0 Å². The average Bonchev–Trinajstić information content (AvgIpc) is 2.54. The van der Waals surface area contributed by atoms with Gasteiger partial charge in [0.1, 0.15) is 0 Å². The Morgan fingerprint density at radius 1 is 0.917 bits per heavy atom. The zero-order chi connectivity index (χ0) is 17.9. The fraction of sp³-hybridized carbons (Fsp3) is 0.300. The van der Waals surface area contributed by atoms with Gasteiger partial charge in [-0.15, -0.1) is 0 Å². The molecule has 2 aromatic carbocycles. The van der Waals surface area contributed by atoms with Crippen LogP contribution in [0.25, 0.3) is 0 Å². The maximum atomic E-state index is 12.5. The van der Waals surface area contributed by atoms with Crippen LogP contribution >= 0.6 is 0 Å². The van der Waals surface area contributed by atoms with E-state index in [2.05, 4.69) is 45.0 Å². The van der Waals surface area contributed by atoms with Crippen LogP contribution in [0.5, 0.6) is 0 Å². The Labute approximate surface area is 143 Å². The quantitative estimate of drug-likeness (QED) is 0.937. The van der Waals surface area contributed by atoms with Gasteiger partial charge in [-0.05, 0) is 40.8 Å². The SMILES string of the molecule is CN(Cc1ccc(C(C)(C)C)cc1)C(=O)c1ccc(C(N)=O)cc1. The highest BCUT2D eigenvalue weighted by atomic mass is 16.2. The highest BCUT2D eigenvalue weighted by Crippen LogP contribution is 2.22. The Bertz CT molecular complexity index is 726. The molecule has 2 aromatic rings. The summed E-state index contributed by atoms with van der Waals surface area (Å²) in [5.41, 5.74) is 8.60. The van der Waals surface area contributed by atoms with E-state index >= 15 is 0 Å². The zero-order valence-electron chi connectivity index (χ0n) is 14.7. The van der Waals surface area contributed by atoms with Crippen LogP contribution in [0.4, 0.5) is 0 Å². The number of hydrogen-bond donors (Lipinski definition) is 1. The normalized spacial score (nSPS) is 11.2. The highest BCUT2D eigenvalue weighted by molar-refractivity contribution is 5.97. The first kappa shape index (κ1) is 17.7. The minimum Gasteiger partial charge on any atom is -0.366 e. The minimum atomic E-state index is -0.499. The van der Waals surface area contributed by atoms with Gasteiger partial charge < -0.3 is 10.6 Å². The molecule has 0 saturated carbocycles. The summed E-state index contributed by atoms with van der Waals surface area (Å²) in [5, 5.41) is 0. The van der Waals surface area contributed by atoms with Crippen molar-refractivity contribution in [1.82, 2.24) is 4.90 Å². The van der Waals surface area contributed by atoms with E-state index in [1.54, 1.807) is 36.2 Å². The maximum absolute atomic E-state index is 12.5. The first-order valence-electron chi connectivity index (χ1n) is 7.93. The first-order chi connectivity index (χ1) is 11.2. The smallest absolute Gasteiger partial charge is 0.253 e. The number of rotatable bonds is 4. The summed E-state index contributed by atoms with van der Waals surface area (Å²) in [5.74, 6) is -0.591. The minimum absolute atomic E-state index is 0.0917. The lowest BCUT2D eigenvalue weighted by molar-refractivity contribution is 0.0784. The molecular formula is C20H24N2O2. The van der Waals surface area contributed by atoms with Crippen molar-refractivity contribution in [2.75, 3.05) is 7.05 Å². The lowest BCUT2D eigenvalue weighted by Crippen LogP contribution is -2.26. The predicted octanol–water partition coefficient (Wildman–Crippen LogP) is 3.36. The molecule has 0 aliphatic heterocycles. The third-order valence-corrected chi connectivity index (χ3v) is 4.00. The average molecular weight is 324 g/mol. The molecule has 0 radical (unpaired) electrons. The Morgan fingerprint density at radius 3 is 1.88 bits per heavy atom. The van der Waals surface area contributed by atoms with Crippen LogP contribution in [0.2, 0.25) is 0 Å². The molecule has 0 spiro atoms. The van der Waals surface area contributed by atoms with Gasteiger partial charge in [0.25, 0.3) is 5.91 Å². The molecular weight excluding hydrogens is 300 g/mol. The predicted molar refractivity (Wildman–Crippen MR) is 95.9 cm³/mol. The number of nitrogens with zero attached hydrogens (tertiary/aromatic N) is 1. The number of benzene rings is 2. The van der Waals surface area contributed by atoms with E-state index < -0.39 is 5.91 Å². The molecule has 0 bridgehead atoms. The zero-order valence-corrected chi connectivity index (χ0v) is 14.7. The van der Waals surface area contributed by atoms with Crippen molar-refractivity contribution >= 4 is 11.8 Å². The summed E-state index contributed by atoms with van der Waals surface area (Å²) >= 11 is 0. The summed E-state index contributed by atoms with van der Waals surface area (Å²) in [6.45, 7) is 7.05. The van der Waals surface area contributed by atoms with Crippen LogP contribution < -0.4 is 5.73 Å². The van der Waals surface area contributed by atoms with E-state index in [0.717, 1.165) is 5.56 Å². The molecule has 0 atom stereocenters. The third-order valence-electron chi connectivity index (χ3n) is 4.00. The van der Waals surface area contributed by atoms with E-state index in [-0.39, 0.29) is 11.3 Å². The van der Waals surface area contributed by atoms with E-state index in [9.17, 15) is 9.59 Å². The molecule has 0 fully saturated rings. The molecule has 0 aromatic heterocycles. The van der Waals surface area contributed by atoms with Crippen LogP contribution in [0.3, 0.4) is 0 Å². The lowest BCUT2D eigenvalue weighted by atomic mass is 9.87. The van der Waals surface area contributed by atoms with Gasteiger partial charge >= 0.3 is 0 Å². The number of carbonyl (C=O) groups excluding carboxylic acids is 2. The second-order valence-electron chi connectivity index (χ2n) is 7.05. The maximum Gasteiger partial charge on any atom is 0.253 e. The van der Waals surface area contributed by atoms with Crippen molar-refractivity contribution in [2.45, 2.75) is 32.7 Å². The van der Waals surface area contributed by atoms with Gasteiger partial charge in [-0.2, -0.15) is 0 Å². The summed E-state index contributed by atoms with van der Waals surface area (Å²) in [4.78, 5) is 25.2. The van der Waals surface area contributed by atoms with Crippen LogP contribution in [-0.4, -0.2) is 23.8 Å². The molecule has 0 saturated heterocycles. The summed E-state index contributed by atoms with van der Waals surface area (Å²) in [7, 11) is 1.77. The summed E-state index contributed by atoms with van der Waals surface area (Å²) < 4.78 is 0. The van der Waals surface area contributed by atoms with Gasteiger partial charge in [-0.1, -0.05) is 45.0 Å². The molecule has 0 aliphatic carbocycles. The molecule has 0 unspecified atom stereocenters. The number of nitrogens with two attached hydrogens (primary N) is 1. The van der Waals surface area contributed by atoms with Gasteiger partial charge in [-0.3, -0.25) is 9.59 Å². The number of primary amides is 1. The summed E-state index contributed by atoms with van der Waals surface area (Å²) in [6.07, 6.45) is 0. The van der Waals surface area contributed by atoms with Gasteiger partial charge in [-0.25, -0.2) is 0 Å². The van der Waals surface area contributed by atoms with Crippen molar-refractivity contribution in [3.63, 3.8) is 0 Å². The molecule has 126 valence electrons. The van der Waals surface area contributed by atoms with Crippen LogP contribution in [0.1, 0.15) is 52.6 Å². The highest BCUT2D eigenvalue weighted by Gasteiger charge is 2.15. The van der Waals surface area contributed by atoms with Crippen LogP contribution in [0, 0.1) is 0 Å². The van der Waals surface area contributed by atoms with E-state index in [1.807, 2.05) is 0 Å². The fourth-order valence-electron chi connectivity index (χ4n) is 2.45. The van der Waals surface area contributed by atoms with Crippen LogP contribution in [0.15, 0.2) is 48.5 Å². The number of carbonyl (C=O) groups is 2. The molecule has 2 rings (SSSR count). The summed E-state index contributed by atoms with van der Waals surface area (Å²) in [6, 6.07) is 14.7. The largest absolute Gasteiger partial charge is 0.366 e. The molecule has 0 aliphatic rings. The Hall–Kier alpha value is -2.62. The Balaban J connectivity index is 2.07. The Kier molecular flexibility index (Phi) is 5.07. The van der Waals surface area contributed by atoms with Crippen molar-refractivity contribution in [1.29, 1.82) is 0 Å². The second-order valence-corrected chi connectivity index (χ2v) is 7.05. The van der Waals surface area contributed by atoms with Gasteiger partial charge in [0, 0.05) is 24.7 Å². The third kappa shape index (κ3) is 4.22. The lowest BCUT2D eigenvalue weighted by Gasteiger charge is -2.21. The van der Waals surface area contributed by atoms with Crippen molar-refractivity contribution < 1.29 is 9.59 Å². The monoisotopic (exact) mass is 324 g/mol. The van der Waals surface area contributed by atoms with Gasteiger partial charge in [0.15, 0.2) is 0 Å². The topological polar surface area (TPSA) is 63.4 Å². The second kappa shape index (κ2) is 6.87. The van der Waals surface area contributed by atoms with Gasteiger partial charge in [0.05, 0.1) is 0 Å². The number of hydrogen-bond acceptors (Lipinski definition) is 2. The van der Waals surface area contributed by atoms with E-state index in [1.165, 1.54) is 5.56 Å². The van der Waals surface area contributed by atoms with E-state index in [4.69, 9.17) is 5.73 Å². The van der Waals surface area contributed by atoms with E-state index in [0.29, 0.717) is 17.7 Å². The molecule has 4 heteroatoms. The van der Waals surface area contributed by atoms with Crippen molar-refractivity contribution in [3.05, 3.63) is 70.8 Å². The van der Waals surface area contributed by atoms with Crippen LogP contribution in [-0.2, 0) is 12.0 Å². The molecule has 24 heavy (non-hydrogen) atoms. The Morgan fingerprint density at radius 2 is 1.42 bits per heavy atom. The van der Waals surface area contributed by atoms with Gasteiger partial charge in [0.2, 0.25) is 5.91 Å². The molecule has 2 N–H and O–H groups in total. The fourth-order valence-corrected chi connectivity index (χ4v) is 2.45.